The molecule has 1 aliphatic heterocycles. The average molecular weight is 450 g/mol. The third-order valence-electron chi connectivity index (χ3n) is 4.26. The number of amides is 3. The first-order valence-corrected chi connectivity index (χ1v) is 9.66. The summed E-state index contributed by atoms with van der Waals surface area (Å²) in [7, 11) is 0. The maximum atomic E-state index is 12.2. The summed E-state index contributed by atoms with van der Waals surface area (Å²) in [6, 6.07) is 12.7. The molecule has 0 radical (unpaired) electrons. The van der Waals surface area contributed by atoms with Gasteiger partial charge < -0.3 is 10.1 Å². The molecule has 1 atom stereocenters. The highest BCUT2D eigenvalue weighted by Gasteiger charge is 2.36. The molecule has 2 N–H and O–H groups in total. The van der Waals surface area contributed by atoms with Crippen LogP contribution in [0.4, 0.5) is 5.69 Å². The van der Waals surface area contributed by atoms with E-state index in [4.69, 9.17) is 27.9 Å². The van der Waals surface area contributed by atoms with E-state index in [1.54, 1.807) is 36.4 Å². The molecule has 0 saturated carbocycles. The highest BCUT2D eigenvalue weighted by molar-refractivity contribution is 6.31. The molecule has 1 fully saturated rings. The summed E-state index contributed by atoms with van der Waals surface area (Å²) in [6.07, 6.45) is -0.129. The molecule has 8 nitrogen and oxygen atoms in total. The SMILES string of the molecule is O=C(COC(=O)[C@@H]1CC(=O)N(NC(=O)c2ccc(Cl)cc2)C1)Nc1cccc(Cl)c1. The Balaban J connectivity index is 1.47. The van der Waals surface area contributed by atoms with Crippen molar-refractivity contribution in [2.24, 2.45) is 5.92 Å². The normalized spacial score (nSPS) is 15.6. The highest BCUT2D eigenvalue weighted by Crippen LogP contribution is 2.19. The molecule has 10 heteroatoms. The molecule has 0 spiro atoms. The van der Waals surface area contributed by atoms with Crippen LogP contribution in [0.25, 0.3) is 0 Å². The van der Waals surface area contributed by atoms with Gasteiger partial charge in [-0.1, -0.05) is 29.3 Å². The van der Waals surface area contributed by atoms with Gasteiger partial charge in [0.05, 0.1) is 12.5 Å². The van der Waals surface area contributed by atoms with Gasteiger partial charge in [-0.2, -0.15) is 0 Å². The molecule has 30 heavy (non-hydrogen) atoms. The minimum atomic E-state index is -0.790. The Labute approximate surface area is 182 Å². The van der Waals surface area contributed by atoms with Crippen molar-refractivity contribution in [3.05, 3.63) is 64.1 Å². The van der Waals surface area contributed by atoms with Crippen LogP contribution in [0.5, 0.6) is 0 Å². The molecule has 1 heterocycles. The van der Waals surface area contributed by atoms with E-state index in [9.17, 15) is 19.2 Å². The van der Waals surface area contributed by atoms with E-state index in [2.05, 4.69) is 10.7 Å². The number of carbonyl (C=O) groups is 4. The van der Waals surface area contributed by atoms with Crippen LogP contribution in [0.3, 0.4) is 0 Å². The second kappa shape index (κ2) is 9.60. The van der Waals surface area contributed by atoms with Crippen LogP contribution in [0.2, 0.25) is 10.0 Å². The second-order valence-corrected chi connectivity index (χ2v) is 7.39. The average Bonchev–Trinajstić information content (AvgIpc) is 3.07. The number of benzene rings is 2. The Kier molecular flexibility index (Phi) is 6.91. The van der Waals surface area contributed by atoms with Gasteiger partial charge in [0.25, 0.3) is 11.8 Å². The largest absolute Gasteiger partial charge is 0.455 e. The Morgan fingerprint density at radius 1 is 1.07 bits per heavy atom. The molecular formula is C20H17Cl2N3O5. The first-order chi connectivity index (χ1) is 14.3. The maximum Gasteiger partial charge on any atom is 0.311 e. The lowest BCUT2D eigenvalue weighted by Gasteiger charge is -2.17. The summed E-state index contributed by atoms with van der Waals surface area (Å²) >= 11 is 11.6. The van der Waals surface area contributed by atoms with Crippen molar-refractivity contribution in [3.8, 4) is 0 Å². The van der Waals surface area contributed by atoms with Crippen molar-refractivity contribution in [1.82, 2.24) is 10.4 Å². The summed E-state index contributed by atoms with van der Waals surface area (Å²) in [5.41, 5.74) is 3.24. The van der Waals surface area contributed by atoms with Crippen LogP contribution in [-0.2, 0) is 19.1 Å². The summed E-state index contributed by atoms with van der Waals surface area (Å²) in [6.45, 7) is -0.555. The number of nitrogens with one attached hydrogen (secondary N) is 2. The molecule has 3 rings (SSSR count). The van der Waals surface area contributed by atoms with Crippen LogP contribution in [0.15, 0.2) is 48.5 Å². The fourth-order valence-electron chi connectivity index (χ4n) is 2.78. The lowest BCUT2D eigenvalue weighted by atomic mass is 10.1. The van der Waals surface area contributed by atoms with E-state index >= 15 is 0 Å². The lowest BCUT2D eigenvalue weighted by molar-refractivity contribution is -0.151. The van der Waals surface area contributed by atoms with Crippen molar-refractivity contribution in [3.63, 3.8) is 0 Å². The van der Waals surface area contributed by atoms with Gasteiger partial charge >= 0.3 is 5.97 Å². The fraction of sp³-hybridized carbons (Fsp3) is 0.200. The molecular weight excluding hydrogens is 433 g/mol. The Morgan fingerprint density at radius 2 is 1.80 bits per heavy atom. The third kappa shape index (κ3) is 5.71. The third-order valence-corrected chi connectivity index (χ3v) is 4.74. The minimum absolute atomic E-state index is 0.0487. The number of carbonyl (C=O) groups excluding carboxylic acids is 4. The summed E-state index contributed by atoms with van der Waals surface area (Å²) in [5, 5.41) is 4.55. The maximum absolute atomic E-state index is 12.2. The van der Waals surface area contributed by atoms with E-state index < -0.39 is 36.2 Å². The molecule has 156 valence electrons. The van der Waals surface area contributed by atoms with Crippen LogP contribution >= 0.6 is 23.2 Å². The number of halogens is 2. The van der Waals surface area contributed by atoms with Gasteiger partial charge in [0.2, 0.25) is 5.91 Å². The van der Waals surface area contributed by atoms with Gasteiger partial charge in [-0.3, -0.25) is 29.6 Å². The van der Waals surface area contributed by atoms with Crippen molar-refractivity contribution >= 4 is 52.6 Å². The molecule has 2 aromatic rings. The van der Waals surface area contributed by atoms with Crippen LogP contribution in [0.1, 0.15) is 16.8 Å². The molecule has 1 aliphatic rings. The number of ether oxygens (including phenoxy) is 1. The van der Waals surface area contributed by atoms with Gasteiger partial charge in [0.1, 0.15) is 0 Å². The van der Waals surface area contributed by atoms with Gasteiger partial charge in [-0.25, -0.2) is 0 Å². The quantitative estimate of drug-likeness (QED) is 0.659. The number of nitrogens with zero attached hydrogens (tertiary/aromatic N) is 1. The van der Waals surface area contributed by atoms with E-state index in [1.807, 2.05) is 0 Å². The van der Waals surface area contributed by atoms with Crippen LogP contribution in [-0.4, -0.2) is 41.9 Å². The highest BCUT2D eigenvalue weighted by atomic mass is 35.5. The first-order valence-electron chi connectivity index (χ1n) is 8.91. The van der Waals surface area contributed by atoms with Crippen LogP contribution in [0, 0.1) is 5.92 Å². The first kappa shape index (κ1) is 21.6. The molecule has 0 aliphatic carbocycles. The number of anilines is 1. The van der Waals surface area contributed by atoms with E-state index in [-0.39, 0.29) is 13.0 Å². The number of hydrazine groups is 1. The molecule has 3 amide bonds. The van der Waals surface area contributed by atoms with Gasteiger partial charge in [0.15, 0.2) is 6.61 Å². The molecule has 0 bridgehead atoms. The molecule has 0 aromatic heterocycles. The summed E-state index contributed by atoms with van der Waals surface area (Å²) in [5.74, 6) is -2.96. The zero-order valence-electron chi connectivity index (χ0n) is 15.6. The molecule has 0 unspecified atom stereocenters. The molecule has 2 aromatic carbocycles. The van der Waals surface area contributed by atoms with Crippen LogP contribution < -0.4 is 10.7 Å². The van der Waals surface area contributed by atoms with E-state index in [0.29, 0.717) is 21.3 Å². The number of hydrogen-bond donors (Lipinski definition) is 2. The molecule has 1 saturated heterocycles. The topological polar surface area (TPSA) is 105 Å². The predicted octanol–water partition coefficient (Wildman–Crippen LogP) is 2.67. The predicted molar refractivity (Wildman–Crippen MR) is 110 cm³/mol. The summed E-state index contributed by atoms with van der Waals surface area (Å²) < 4.78 is 5.00. The number of esters is 1. The minimum Gasteiger partial charge on any atom is -0.455 e. The zero-order chi connectivity index (χ0) is 21.7. The Bertz CT molecular complexity index is 981. The van der Waals surface area contributed by atoms with Gasteiger partial charge in [0, 0.05) is 27.7 Å². The fourth-order valence-corrected chi connectivity index (χ4v) is 3.10. The zero-order valence-corrected chi connectivity index (χ0v) is 17.1. The van der Waals surface area contributed by atoms with Gasteiger partial charge in [-0.05, 0) is 42.5 Å². The Morgan fingerprint density at radius 3 is 2.50 bits per heavy atom. The van der Waals surface area contributed by atoms with E-state index in [1.165, 1.54) is 12.1 Å². The van der Waals surface area contributed by atoms with Crippen molar-refractivity contribution in [2.75, 3.05) is 18.5 Å². The van der Waals surface area contributed by atoms with Crippen molar-refractivity contribution < 1.29 is 23.9 Å². The number of hydrogen-bond acceptors (Lipinski definition) is 5. The van der Waals surface area contributed by atoms with Crippen molar-refractivity contribution in [1.29, 1.82) is 0 Å². The van der Waals surface area contributed by atoms with Crippen molar-refractivity contribution in [2.45, 2.75) is 6.42 Å². The Hall–Kier alpha value is -3.10. The monoisotopic (exact) mass is 449 g/mol. The smallest absolute Gasteiger partial charge is 0.311 e. The van der Waals surface area contributed by atoms with Gasteiger partial charge in [-0.15, -0.1) is 0 Å². The summed E-state index contributed by atoms with van der Waals surface area (Å²) in [4.78, 5) is 48.5. The second-order valence-electron chi connectivity index (χ2n) is 6.52. The lowest BCUT2D eigenvalue weighted by Crippen LogP contribution is -2.43. The standard InChI is InChI=1S/C20H17Cl2N3O5/c21-14-6-4-12(5-7-14)19(28)24-25-10-13(8-18(25)27)20(29)30-11-17(26)23-16-3-1-2-15(22)9-16/h1-7,9,13H,8,10-11H2,(H,23,26)(H,24,28)/t13-/m1/s1. The van der Waals surface area contributed by atoms with E-state index in [0.717, 1.165) is 5.01 Å². The number of rotatable bonds is 6.